The lowest BCUT2D eigenvalue weighted by Gasteiger charge is -2.11. The third-order valence-corrected chi connectivity index (χ3v) is 6.34. The average molecular weight is 552 g/mol. The Bertz CT molecular complexity index is 1390. The van der Waals surface area contributed by atoms with Gasteiger partial charge in [0.1, 0.15) is 5.75 Å². The molecule has 0 bridgehead atoms. The molecule has 4 aromatic rings. The van der Waals surface area contributed by atoms with E-state index in [9.17, 15) is 4.79 Å². The van der Waals surface area contributed by atoms with Crippen molar-refractivity contribution in [3.05, 3.63) is 94.5 Å². The topological polar surface area (TPSA) is 81.4 Å². The number of benzene rings is 3. The first-order valence-corrected chi connectivity index (χ1v) is 13.1. The Hall–Kier alpha value is -3.59. The summed E-state index contributed by atoms with van der Waals surface area (Å²) in [5, 5.41) is 14.2. The van der Waals surface area contributed by atoms with E-state index in [1.165, 1.54) is 18.0 Å². The number of hydrazone groups is 1. The smallest absolute Gasteiger partial charge is 0.250 e. The normalized spacial score (nSPS) is 11.6. The molecule has 1 aromatic heterocycles. The van der Waals surface area contributed by atoms with E-state index in [4.69, 9.17) is 27.9 Å². The number of rotatable bonds is 10. The largest absolute Gasteiger partial charge is 0.494 e. The van der Waals surface area contributed by atoms with Crippen LogP contribution in [-0.4, -0.2) is 39.2 Å². The van der Waals surface area contributed by atoms with Crippen LogP contribution in [0, 0.1) is 0 Å². The van der Waals surface area contributed by atoms with Gasteiger partial charge < -0.3 is 4.74 Å². The van der Waals surface area contributed by atoms with Crippen molar-refractivity contribution in [1.82, 2.24) is 20.2 Å². The molecular weight excluding hydrogens is 529 g/mol. The third kappa shape index (κ3) is 7.45. The van der Waals surface area contributed by atoms with E-state index in [0.717, 1.165) is 22.6 Å². The number of carbonyl (C=O) groups is 1. The standard InChI is InChI=1S/C27H23Cl2N5O2S/c1-2-36-24-14-12-23(13-15-24)34-26(20-8-10-21(28)11-9-20)32-33-27(34)37-18-25(35)31-30-17-22(29)16-19-6-4-3-5-7-19/h3-17H,2,18H2,1H3,(H,31,35)/b22-16-,30-17+. The first kappa shape index (κ1) is 26.5. The molecule has 1 N–H and O–H groups in total. The summed E-state index contributed by atoms with van der Waals surface area (Å²) in [6, 6.07) is 24.5. The Morgan fingerprint density at radius 3 is 2.49 bits per heavy atom. The molecule has 0 fully saturated rings. The molecule has 0 aliphatic rings. The summed E-state index contributed by atoms with van der Waals surface area (Å²) in [7, 11) is 0. The number of thioether (sulfide) groups is 1. The van der Waals surface area contributed by atoms with Crippen molar-refractivity contribution in [1.29, 1.82) is 0 Å². The van der Waals surface area contributed by atoms with Crippen LogP contribution in [0.5, 0.6) is 5.75 Å². The van der Waals surface area contributed by atoms with Crippen molar-refractivity contribution in [3.63, 3.8) is 0 Å². The second kappa shape index (κ2) is 13.1. The van der Waals surface area contributed by atoms with Crippen LogP contribution in [0.25, 0.3) is 23.2 Å². The number of nitrogens with one attached hydrogen (secondary N) is 1. The summed E-state index contributed by atoms with van der Waals surface area (Å²) in [6.07, 6.45) is 3.14. The monoisotopic (exact) mass is 551 g/mol. The Morgan fingerprint density at radius 2 is 1.78 bits per heavy atom. The Labute approximate surface area is 229 Å². The molecule has 0 aliphatic carbocycles. The molecular formula is C27H23Cl2N5O2S. The van der Waals surface area contributed by atoms with Gasteiger partial charge in [0, 0.05) is 16.3 Å². The van der Waals surface area contributed by atoms with Gasteiger partial charge in [0.05, 0.1) is 23.6 Å². The molecule has 0 aliphatic heterocycles. The zero-order chi connectivity index (χ0) is 26.0. The molecule has 4 rings (SSSR count). The minimum absolute atomic E-state index is 0.0765. The number of hydrogen-bond donors (Lipinski definition) is 1. The molecule has 0 radical (unpaired) electrons. The SMILES string of the molecule is CCOc1ccc(-n2c(SCC(=O)N/N=C/C(Cl)=C/c3ccccc3)nnc2-c2ccc(Cl)cc2)cc1. The first-order valence-electron chi connectivity index (χ1n) is 11.3. The lowest BCUT2D eigenvalue weighted by molar-refractivity contribution is -0.118. The molecule has 0 saturated carbocycles. The molecule has 0 unspecified atom stereocenters. The van der Waals surface area contributed by atoms with Crippen LogP contribution in [0.4, 0.5) is 0 Å². The van der Waals surface area contributed by atoms with Gasteiger partial charge in [-0.15, -0.1) is 10.2 Å². The quantitative estimate of drug-likeness (QED) is 0.139. The van der Waals surface area contributed by atoms with Crippen LogP contribution in [0.3, 0.4) is 0 Å². The molecule has 37 heavy (non-hydrogen) atoms. The van der Waals surface area contributed by atoms with E-state index in [-0.39, 0.29) is 11.7 Å². The summed E-state index contributed by atoms with van der Waals surface area (Å²) in [5.74, 6) is 1.16. The van der Waals surface area contributed by atoms with Gasteiger partial charge in [-0.3, -0.25) is 9.36 Å². The zero-order valence-electron chi connectivity index (χ0n) is 19.8. The maximum Gasteiger partial charge on any atom is 0.250 e. The van der Waals surface area contributed by atoms with E-state index >= 15 is 0 Å². The summed E-state index contributed by atoms with van der Waals surface area (Å²) in [6.45, 7) is 2.51. The lowest BCUT2D eigenvalue weighted by Crippen LogP contribution is -2.19. The third-order valence-electron chi connectivity index (χ3n) is 4.96. The number of ether oxygens (including phenoxy) is 1. The molecule has 1 amide bonds. The minimum Gasteiger partial charge on any atom is -0.494 e. The minimum atomic E-state index is -0.306. The molecule has 1 heterocycles. The van der Waals surface area contributed by atoms with Crippen molar-refractivity contribution in [2.24, 2.45) is 5.10 Å². The van der Waals surface area contributed by atoms with Gasteiger partial charge >= 0.3 is 0 Å². The van der Waals surface area contributed by atoms with E-state index in [1.807, 2.05) is 78.2 Å². The lowest BCUT2D eigenvalue weighted by atomic mass is 10.2. The summed E-state index contributed by atoms with van der Waals surface area (Å²) in [5.41, 5.74) is 5.10. The van der Waals surface area contributed by atoms with Crippen molar-refractivity contribution in [2.75, 3.05) is 12.4 Å². The Morgan fingerprint density at radius 1 is 1.05 bits per heavy atom. The predicted molar refractivity (Wildman–Crippen MR) is 151 cm³/mol. The first-order chi connectivity index (χ1) is 18.0. The van der Waals surface area contributed by atoms with E-state index in [2.05, 4.69) is 20.7 Å². The summed E-state index contributed by atoms with van der Waals surface area (Å²) < 4.78 is 7.45. The fraction of sp³-hybridized carbons (Fsp3) is 0.111. The molecule has 10 heteroatoms. The average Bonchev–Trinajstić information content (AvgIpc) is 3.33. The fourth-order valence-electron chi connectivity index (χ4n) is 3.31. The van der Waals surface area contributed by atoms with Crippen LogP contribution in [0.15, 0.2) is 94.2 Å². The maximum absolute atomic E-state index is 12.4. The van der Waals surface area contributed by atoms with E-state index < -0.39 is 0 Å². The van der Waals surface area contributed by atoms with Crippen molar-refractivity contribution < 1.29 is 9.53 Å². The second-order valence-corrected chi connectivity index (χ2v) is 9.41. The van der Waals surface area contributed by atoms with Crippen molar-refractivity contribution >= 4 is 53.2 Å². The van der Waals surface area contributed by atoms with Crippen molar-refractivity contribution in [2.45, 2.75) is 12.1 Å². The second-order valence-electron chi connectivity index (χ2n) is 7.60. The maximum atomic E-state index is 12.4. The highest BCUT2D eigenvalue weighted by Gasteiger charge is 2.17. The van der Waals surface area contributed by atoms with Crippen LogP contribution in [-0.2, 0) is 4.79 Å². The van der Waals surface area contributed by atoms with Gasteiger partial charge in [-0.05, 0) is 67.1 Å². The van der Waals surface area contributed by atoms with Gasteiger partial charge in [-0.1, -0.05) is 65.3 Å². The number of hydrogen-bond acceptors (Lipinski definition) is 6. The number of amides is 1. The fourth-order valence-corrected chi connectivity index (χ4v) is 4.36. The van der Waals surface area contributed by atoms with Gasteiger partial charge in [0.2, 0.25) is 0 Å². The van der Waals surface area contributed by atoms with E-state index in [1.54, 1.807) is 18.2 Å². The number of aromatic nitrogens is 3. The van der Waals surface area contributed by atoms with Gasteiger partial charge in [0.15, 0.2) is 11.0 Å². The molecule has 188 valence electrons. The number of halogens is 2. The molecule has 3 aromatic carbocycles. The van der Waals surface area contributed by atoms with Crippen LogP contribution in [0.2, 0.25) is 5.02 Å². The highest BCUT2D eigenvalue weighted by Crippen LogP contribution is 2.29. The van der Waals surface area contributed by atoms with Gasteiger partial charge in [0.25, 0.3) is 5.91 Å². The molecule has 0 spiro atoms. The molecule has 0 saturated heterocycles. The molecule has 0 atom stereocenters. The summed E-state index contributed by atoms with van der Waals surface area (Å²) in [4.78, 5) is 12.4. The highest BCUT2D eigenvalue weighted by atomic mass is 35.5. The van der Waals surface area contributed by atoms with Gasteiger partial charge in [-0.2, -0.15) is 5.10 Å². The van der Waals surface area contributed by atoms with Gasteiger partial charge in [-0.25, -0.2) is 5.43 Å². The van der Waals surface area contributed by atoms with Crippen LogP contribution in [0.1, 0.15) is 12.5 Å². The van der Waals surface area contributed by atoms with Crippen LogP contribution >= 0.6 is 35.0 Å². The molecule has 7 nitrogen and oxygen atoms in total. The summed E-state index contributed by atoms with van der Waals surface area (Å²) >= 11 is 13.5. The number of allylic oxidation sites excluding steroid dienone is 1. The van der Waals surface area contributed by atoms with E-state index in [0.29, 0.717) is 27.6 Å². The van der Waals surface area contributed by atoms with Crippen LogP contribution < -0.4 is 10.2 Å². The highest BCUT2D eigenvalue weighted by molar-refractivity contribution is 7.99. The Balaban J connectivity index is 1.48. The number of carbonyl (C=O) groups excluding carboxylic acids is 1. The van der Waals surface area contributed by atoms with Crippen molar-refractivity contribution in [3.8, 4) is 22.8 Å². The predicted octanol–water partition coefficient (Wildman–Crippen LogP) is 6.46. The zero-order valence-corrected chi connectivity index (χ0v) is 22.2. The number of nitrogens with zero attached hydrogens (tertiary/aromatic N) is 4. The Kier molecular flexibility index (Phi) is 9.37.